The Morgan fingerprint density at radius 1 is 1.26 bits per heavy atom. The number of rotatable bonds is 5. The van der Waals surface area contributed by atoms with E-state index in [1.54, 1.807) is 27.7 Å². The summed E-state index contributed by atoms with van der Waals surface area (Å²) in [5.74, 6) is -0.627. The van der Waals surface area contributed by atoms with Crippen molar-refractivity contribution in [2.24, 2.45) is 5.92 Å². The Bertz CT molecular complexity index is 312. The van der Waals surface area contributed by atoms with Crippen molar-refractivity contribution in [3.05, 3.63) is 0 Å². The van der Waals surface area contributed by atoms with E-state index < -0.39 is 29.3 Å². The molecule has 0 heterocycles. The van der Waals surface area contributed by atoms with Crippen LogP contribution in [0.3, 0.4) is 0 Å². The molecule has 0 fully saturated rings. The van der Waals surface area contributed by atoms with Gasteiger partial charge in [0, 0.05) is 0 Å². The van der Waals surface area contributed by atoms with E-state index in [-0.39, 0.29) is 5.92 Å². The summed E-state index contributed by atoms with van der Waals surface area (Å²) in [6.07, 6.45) is 0.0728. The number of nitrogens with one attached hydrogen (secondary N) is 1. The number of hydrogen-bond acceptors (Lipinski definition) is 4. The van der Waals surface area contributed by atoms with E-state index in [2.05, 4.69) is 5.32 Å². The minimum Gasteiger partial charge on any atom is -0.445 e. The van der Waals surface area contributed by atoms with Gasteiger partial charge in [0.2, 0.25) is 0 Å². The maximum Gasteiger partial charge on any atom is 0.408 e. The zero-order valence-corrected chi connectivity index (χ0v) is 13.2. The van der Waals surface area contributed by atoms with E-state index in [0.717, 1.165) is 0 Å². The summed E-state index contributed by atoms with van der Waals surface area (Å²) >= 11 is 5.62. The fraction of sp³-hybridized carbons (Fsp3) is 0.846. The Morgan fingerprint density at radius 2 is 1.79 bits per heavy atom. The van der Waals surface area contributed by atoms with Crippen molar-refractivity contribution in [3.8, 4) is 0 Å². The van der Waals surface area contributed by atoms with Gasteiger partial charge in [-0.2, -0.15) is 0 Å². The molecule has 0 aromatic heterocycles. The van der Waals surface area contributed by atoms with Gasteiger partial charge in [0.1, 0.15) is 11.6 Å². The molecule has 0 aromatic carbocycles. The van der Waals surface area contributed by atoms with Crippen LogP contribution in [0.2, 0.25) is 0 Å². The predicted molar refractivity (Wildman–Crippen MR) is 74.0 cm³/mol. The van der Waals surface area contributed by atoms with Crippen molar-refractivity contribution in [1.82, 2.24) is 5.32 Å². The summed E-state index contributed by atoms with van der Waals surface area (Å²) in [7, 11) is 0. The lowest BCUT2D eigenvalue weighted by atomic mass is 9.99. The molecular weight excluding hydrogens is 270 g/mol. The molecule has 5 nitrogen and oxygen atoms in total. The van der Waals surface area contributed by atoms with Gasteiger partial charge < -0.3 is 14.8 Å². The number of alkyl halides is 1. The zero-order valence-electron chi connectivity index (χ0n) is 12.5. The van der Waals surface area contributed by atoms with Gasteiger partial charge >= 0.3 is 12.1 Å². The largest absolute Gasteiger partial charge is 0.445 e. The van der Waals surface area contributed by atoms with Crippen molar-refractivity contribution in [1.29, 1.82) is 0 Å². The van der Waals surface area contributed by atoms with Crippen molar-refractivity contribution in [2.45, 2.75) is 65.2 Å². The number of ether oxygens (including phenoxy) is 2. The van der Waals surface area contributed by atoms with Gasteiger partial charge in [-0.15, -0.1) is 0 Å². The number of carbonyl (C=O) groups is 2. The number of alkyl carbamates (subject to hydrolysis) is 1. The first kappa shape index (κ1) is 18.0. The molecule has 3 atom stereocenters. The van der Waals surface area contributed by atoms with Crippen LogP contribution in [0.5, 0.6) is 0 Å². The molecule has 0 bridgehead atoms. The van der Waals surface area contributed by atoms with E-state index in [1.165, 1.54) is 0 Å². The molecule has 1 amide bonds. The van der Waals surface area contributed by atoms with Crippen LogP contribution in [0, 0.1) is 5.92 Å². The molecule has 0 aromatic rings. The van der Waals surface area contributed by atoms with Crippen LogP contribution in [0.1, 0.15) is 48.0 Å². The van der Waals surface area contributed by atoms with Crippen molar-refractivity contribution < 1.29 is 19.1 Å². The van der Waals surface area contributed by atoms with Crippen molar-refractivity contribution in [2.75, 3.05) is 0 Å². The lowest BCUT2D eigenvalue weighted by molar-refractivity contribution is -0.148. The molecular formula is C13H24ClNO4. The monoisotopic (exact) mass is 293 g/mol. The quantitative estimate of drug-likeness (QED) is 0.625. The fourth-order valence-electron chi connectivity index (χ4n) is 1.34. The molecule has 0 saturated carbocycles. The summed E-state index contributed by atoms with van der Waals surface area (Å²) in [4.78, 5) is 23.6. The SMILES string of the molecule is CC[C@H](C)[C@H](NC(=O)OC(C)(C)C)C(=O)OC(C)Cl. The molecule has 0 spiro atoms. The average Bonchev–Trinajstić information content (AvgIpc) is 2.21. The molecule has 0 rings (SSSR count). The standard InChI is InChI=1S/C13H24ClNO4/c1-7-8(2)10(11(16)18-9(3)14)15-12(17)19-13(4,5)6/h8-10H,7H2,1-6H3,(H,15,17)/t8-,9?,10-/m0/s1. The highest BCUT2D eigenvalue weighted by Crippen LogP contribution is 2.13. The van der Waals surface area contributed by atoms with Gasteiger partial charge in [0.15, 0.2) is 5.56 Å². The summed E-state index contributed by atoms with van der Waals surface area (Å²) in [6, 6.07) is -0.763. The average molecular weight is 294 g/mol. The molecule has 0 radical (unpaired) electrons. The minimum absolute atomic E-state index is 0.0737. The van der Waals surface area contributed by atoms with Gasteiger partial charge in [-0.25, -0.2) is 9.59 Å². The lowest BCUT2D eigenvalue weighted by Crippen LogP contribution is -2.48. The first-order chi connectivity index (χ1) is 8.56. The third-order valence-electron chi connectivity index (χ3n) is 2.42. The van der Waals surface area contributed by atoms with Crippen LogP contribution in [-0.4, -0.2) is 29.3 Å². The Labute approximate surface area is 120 Å². The third kappa shape index (κ3) is 7.93. The summed E-state index contributed by atoms with van der Waals surface area (Å²) in [6.45, 7) is 10.6. The zero-order chi connectivity index (χ0) is 15.2. The summed E-state index contributed by atoms with van der Waals surface area (Å²) < 4.78 is 10.0. The maximum absolute atomic E-state index is 11.9. The Morgan fingerprint density at radius 3 is 2.16 bits per heavy atom. The molecule has 6 heteroatoms. The number of halogens is 1. The van der Waals surface area contributed by atoms with E-state index in [1.807, 2.05) is 13.8 Å². The lowest BCUT2D eigenvalue weighted by Gasteiger charge is -2.26. The normalized spacial score (nSPS) is 16.2. The summed E-state index contributed by atoms with van der Waals surface area (Å²) in [5, 5.41) is 2.54. The Hall–Kier alpha value is -0.970. The number of amides is 1. The van der Waals surface area contributed by atoms with Gasteiger partial charge in [-0.1, -0.05) is 31.9 Å². The first-order valence-electron chi connectivity index (χ1n) is 6.41. The van der Waals surface area contributed by atoms with Crippen LogP contribution in [0.25, 0.3) is 0 Å². The van der Waals surface area contributed by atoms with Crippen LogP contribution < -0.4 is 5.32 Å². The van der Waals surface area contributed by atoms with E-state index in [4.69, 9.17) is 21.1 Å². The molecule has 0 aliphatic rings. The maximum atomic E-state index is 11.9. The molecule has 0 aliphatic carbocycles. The molecule has 112 valence electrons. The highest BCUT2D eigenvalue weighted by atomic mass is 35.5. The highest BCUT2D eigenvalue weighted by molar-refractivity contribution is 6.20. The molecule has 1 N–H and O–H groups in total. The Kier molecular flexibility index (Phi) is 7.19. The van der Waals surface area contributed by atoms with Crippen LogP contribution >= 0.6 is 11.6 Å². The highest BCUT2D eigenvalue weighted by Gasteiger charge is 2.30. The van der Waals surface area contributed by atoms with E-state index >= 15 is 0 Å². The van der Waals surface area contributed by atoms with Crippen LogP contribution in [0.4, 0.5) is 4.79 Å². The predicted octanol–water partition coefficient (Wildman–Crippen LogP) is 3.05. The number of hydrogen-bond donors (Lipinski definition) is 1. The smallest absolute Gasteiger partial charge is 0.408 e. The number of esters is 1. The number of carbonyl (C=O) groups excluding carboxylic acids is 2. The third-order valence-corrected chi connectivity index (χ3v) is 2.51. The molecule has 0 saturated heterocycles. The molecule has 0 aliphatic heterocycles. The molecule has 19 heavy (non-hydrogen) atoms. The van der Waals surface area contributed by atoms with Gasteiger partial charge in [0.05, 0.1) is 0 Å². The van der Waals surface area contributed by atoms with Gasteiger partial charge in [0.25, 0.3) is 0 Å². The summed E-state index contributed by atoms with van der Waals surface area (Å²) in [5.41, 5.74) is -1.35. The second kappa shape index (κ2) is 7.58. The first-order valence-corrected chi connectivity index (χ1v) is 6.84. The second-order valence-corrected chi connectivity index (χ2v) is 6.10. The van der Waals surface area contributed by atoms with E-state index in [9.17, 15) is 9.59 Å². The topological polar surface area (TPSA) is 64.6 Å². The van der Waals surface area contributed by atoms with E-state index in [0.29, 0.717) is 6.42 Å². The fourth-order valence-corrected chi connectivity index (χ4v) is 1.42. The second-order valence-electron chi connectivity index (χ2n) is 5.49. The molecule has 1 unspecified atom stereocenters. The van der Waals surface area contributed by atoms with Crippen molar-refractivity contribution >= 4 is 23.7 Å². The van der Waals surface area contributed by atoms with Crippen LogP contribution in [0.15, 0.2) is 0 Å². The van der Waals surface area contributed by atoms with Gasteiger partial charge in [-0.3, -0.25) is 0 Å². The Balaban J connectivity index is 4.69. The van der Waals surface area contributed by atoms with Crippen LogP contribution in [-0.2, 0) is 14.3 Å². The van der Waals surface area contributed by atoms with Crippen molar-refractivity contribution in [3.63, 3.8) is 0 Å². The minimum atomic E-state index is -0.763. The van der Waals surface area contributed by atoms with Gasteiger partial charge in [-0.05, 0) is 33.6 Å².